The summed E-state index contributed by atoms with van der Waals surface area (Å²) < 4.78 is 0. The first-order chi connectivity index (χ1) is 11.6. The first kappa shape index (κ1) is 15.7. The summed E-state index contributed by atoms with van der Waals surface area (Å²) in [5.74, 6) is -0.0987. The monoisotopic (exact) mass is 320 g/mol. The Morgan fingerprint density at radius 1 is 1.17 bits per heavy atom. The summed E-state index contributed by atoms with van der Waals surface area (Å²) in [6, 6.07) is 14.3. The number of fused-ring (bicyclic) bond motifs is 1. The first-order valence-electron chi connectivity index (χ1n) is 7.56. The molecule has 0 bridgehead atoms. The molecule has 0 aliphatic rings. The number of aromatic amines is 1. The summed E-state index contributed by atoms with van der Waals surface area (Å²) in [5.41, 5.74) is 2.96. The average Bonchev–Trinajstić information content (AvgIpc) is 2.97. The molecule has 3 rings (SSSR count). The molecule has 0 fully saturated rings. The van der Waals surface area contributed by atoms with Crippen LogP contribution < -0.4 is 0 Å². The van der Waals surface area contributed by atoms with Crippen LogP contribution in [0.2, 0.25) is 0 Å². The summed E-state index contributed by atoms with van der Waals surface area (Å²) in [5, 5.41) is 12.2. The molecule has 0 radical (unpaired) electrons. The van der Waals surface area contributed by atoms with Crippen molar-refractivity contribution in [1.82, 2.24) is 4.98 Å². The highest BCUT2D eigenvalue weighted by Crippen LogP contribution is 2.25. The number of hydrogen-bond donors (Lipinski definition) is 1. The third-order valence-corrected chi connectivity index (χ3v) is 3.97. The van der Waals surface area contributed by atoms with Crippen LogP contribution in [0.5, 0.6) is 0 Å². The number of nitro benzene ring substituents is 1. The molecule has 0 spiro atoms. The van der Waals surface area contributed by atoms with Gasteiger partial charge in [0.2, 0.25) is 0 Å². The zero-order chi connectivity index (χ0) is 17.1. The molecule has 120 valence electrons. The van der Waals surface area contributed by atoms with E-state index in [0.29, 0.717) is 17.6 Å². The maximum absolute atomic E-state index is 12.0. The molecule has 0 aliphatic carbocycles. The Hall–Kier alpha value is -3.21. The van der Waals surface area contributed by atoms with Gasteiger partial charge in [-0.15, -0.1) is 0 Å². The number of H-pyrrole nitrogens is 1. The fourth-order valence-electron chi connectivity index (χ4n) is 2.72. The van der Waals surface area contributed by atoms with Gasteiger partial charge in [0.25, 0.3) is 5.69 Å². The molecule has 0 saturated carbocycles. The molecule has 0 aliphatic heterocycles. The van der Waals surface area contributed by atoms with E-state index in [4.69, 9.17) is 0 Å². The van der Waals surface area contributed by atoms with E-state index >= 15 is 0 Å². The van der Waals surface area contributed by atoms with Crippen molar-refractivity contribution in [3.8, 4) is 0 Å². The predicted molar refractivity (Wildman–Crippen MR) is 93.8 cm³/mol. The molecule has 5 heteroatoms. The summed E-state index contributed by atoms with van der Waals surface area (Å²) in [6.07, 6.45) is 3.91. The fourth-order valence-corrected chi connectivity index (χ4v) is 2.72. The Balaban J connectivity index is 2.02. The molecule has 24 heavy (non-hydrogen) atoms. The Kier molecular flexibility index (Phi) is 4.24. The van der Waals surface area contributed by atoms with Crippen molar-refractivity contribution in [2.24, 2.45) is 0 Å². The number of ketones is 1. The van der Waals surface area contributed by atoms with Gasteiger partial charge in [0.1, 0.15) is 0 Å². The van der Waals surface area contributed by atoms with E-state index in [1.165, 1.54) is 13.0 Å². The van der Waals surface area contributed by atoms with Crippen LogP contribution in [0.4, 0.5) is 5.69 Å². The Morgan fingerprint density at radius 3 is 2.62 bits per heavy atom. The summed E-state index contributed by atoms with van der Waals surface area (Å²) in [7, 11) is 0. The number of hydrogen-bond acceptors (Lipinski definition) is 3. The molecule has 0 atom stereocenters. The van der Waals surface area contributed by atoms with Crippen molar-refractivity contribution in [2.45, 2.75) is 13.3 Å². The molecule has 3 aromatic rings. The number of aromatic nitrogens is 1. The minimum atomic E-state index is -0.435. The van der Waals surface area contributed by atoms with E-state index in [9.17, 15) is 14.9 Å². The second-order valence-electron chi connectivity index (χ2n) is 5.58. The molecular weight excluding hydrogens is 304 g/mol. The maximum atomic E-state index is 12.0. The number of allylic oxidation sites excluding steroid dienone is 1. The van der Waals surface area contributed by atoms with E-state index < -0.39 is 4.92 Å². The second-order valence-corrected chi connectivity index (χ2v) is 5.58. The summed E-state index contributed by atoms with van der Waals surface area (Å²) in [6.45, 7) is 1.48. The van der Waals surface area contributed by atoms with E-state index in [1.54, 1.807) is 24.3 Å². The van der Waals surface area contributed by atoms with Crippen LogP contribution in [-0.4, -0.2) is 15.7 Å². The van der Waals surface area contributed by atoms with Crippen LogP contribution in [0.25, 0.3) is 17.0 Å². The number of benzene rings is 2. The van der Waals surface area contributed by atoms with Crippen LogP contribution in [0.15, 0.2) is 60.3 Å². The molecule has 2 aromatic carbocycles. The van der Waals surface area contributed by atoms with Crippen LogP contribution in [0.1, 0.15) is 18.1 Å². The summed E-state index contributed by atoms with van der Waals surface area (Å²) in [4.78, 5) is 25.9. The standard InChI is InChI=1S/C19H16N2O3/c1-13(22)15(10-14-6-2-5-9-19(14)21(23)24)11-16-12-20-18-8-4-3-7-17(16)18/h2-10,12,20H,11H2,1H3/b15-10-. The number of Topliss-reactive ketones (excluding diaryl/α,β-unsaturated/α-hetero) is 1. The SMILES string of the molecule is CC(=O)/C(=C\c1ccccc1[N+](=O)[O-])Cc1c[nH]c2ccccc12. The number of carbonyl (C=O) groups excluding carboxylic acids is 1. The number of nitro groups is 1. The molecule has 0 amide bonds. The van der Waals surface area contributed by atoms with Gasteiger partial charge in [-0.25, -0.2) is 0 Å². The molecule has 1 heterocycles. The first-order valence-corrected chi connectivity index (χ1v) is 7.56. The highest BCUT2D eigenvalue weighted by Gasteiger charge is 2.14. The van der Waals surface area contributed by atoms with E-state index in [2.05, 4.69) is 4.98 Å². The highest BCUT2D eigenvalue weighted by molar-refractivity contribution is 5.99. The number of nitrogens with one attached hydrogen (secondary N) is 1. The van der Waals surface area contributed by atoms with Gasteiger partial charge < -0.3 is 4.98 Å². The van der Waals surface area contributed by atoms with Crippen molar-refractivity contribution in [3.63, 3.8) is 0 Å². The van der Waals surface area contributed by atoms with E-state index in [1.807, 2.05) is 30.5 Å². The number of nitrogens with zero attached hydrogens (tertiary/aromatic N) is 1. The van der Waals surface area contributed by atoms with Gasteiger partial charge in [-0.2, -0.15) is 0 Å². The lowest BCUT2D eigenvalue weighted by atomic mass is 9.99. The lowest BCUT2D eigenvalue weighted by Crippen LogP contribution is -2.01. The van der Waals surface area contributed by atoms with Crippen molar-refractivity contribution >= 4 is 28.4 Å². The largest absolute Gasteiger partial charge is 0.361 e. The van der Waals surface area contributed by atoms with Gasteiger partial charge in [-0.3, -0.25) is 14.9 Å². The highest BCUT2D eigenvalue weighted by atomic mass is 16.6. The van der Waals surface area contributed by atoms with Crippen molar-refractivity contribution in [1.29, 1.82) is 0 Å². The third-order valence-electron chi connectivity index (χ3n) is 3.97. The molecule has 0 unspecified atom stereocenters. The van der Waals surface area contributed by atoms with Gasteiger partial charge in [-0.1, -0.05) is 30.3 Å². The summed E-state index contributed by atoms with van der Waals surface area (Å²) >= 11 is 0. The number of para-hydroxylation sites is 2. The Bertz CT molecular complexity index is 954. The zero-order valence-electron chi connectivity index (χ0n) is 13.2. The van der Waals surface area contributed by atoms with Gasteiger partial charge in [0, 0.05) is 35.2 Å². The van der Waals surface area contributed by atoms with Crippen molar-refractivity contribution < 1.29 is 9.72 Å². The number of carbonyl (C=O) groups is 1. The molecule has 5 nitrogen and oxygen atoms in total. The van der Waals surface area contributed by atoms with Crippen molar-refractivity contribution in [2.75, 3.05) is 0 Å². The van der Waals surface area contributed by atoms with Crippen LogP contribution in [0.3, 0.4) is 0 Å². The van der Waals surface area contributed by atoms with Gasteiger partial charge in [0.05, 0.1) is 10.5 Å². The average molecular weight is 320 g/mol. The van der Waals surface area contributed by atoms with Crippen LogP contribution >= 0.6 is 0 Å². The Labute approximate surface area is 138 Å². The topological polar surface area (TPSA) is 76.0 Å². The normalized spacial score (nSPS) is 11.6. The predicted octanol–water partition coefficient (Wildman–Crippen LogP) is 4.29. The molecular formula is C19H16N2O3. The molecule has 1 aromatic heterocycles. The van der Waals surface area contributed by atoms with E-state index in [-0.39, 0.29) is 11.5 Å². The number of rotatable bonds is 5. The second kappa shape index (κ2) is 6.50. The van der Waals surface area contributed by atoms with Crippen LogP contribution in [0, 0.1) is 10.1 Å². The third kappa shape index (κ3) is 3.10. The Morgan fingerprint density at radius 2 is 1.88 bits per heavy atom. The fraction of sp³-hybridized carbons (Fsp3) is 0.105. The molecule has 0 saturated heterocycles. The molecule has 1 N–H and O–H groups in total. The van der Waals surface area contributed by atoms with Gasteiger partial charge >= 0.3 is 0 Å². The lowest BCUT2D eigenvalue weighted by Gasteiger charge is -2.04. The minimum absolute atomic E-state index is 0.00447. The van der Waals surface area contributed by atoms with Crippen molar-refractivity contribution in [3.05, 3.63) is 81.5 Å². The quantitative estimate of drug-likeness (QED) is 0.433. The lowest BCUT2D eigenvalue weighted by molar-refractivity contribution is -0.385. The van der Waals surface area contributed by atoms with Gasteiger partial charge in [-0.05, 0) is 30.7 Å². The smallest absolute Gasteiger partial charge is 0.276 e. The van der Waals surface area contributed by atoms with E-state index in [0.717, 1.165) is 16.5 Å². The minimum Gasteiger partial charge on any atom is -0.361 e. The maximum Gasteiger partial charge on any atom is 0.276 e. The zero-order valence-corrected chi connectivity index (χ0v) is 13.2. The van der Waals surface area contributed by atoms with Gasteiger partial charge in [0.15, 0.2) is 5.78 Å². The van der Waals surface area contributed by atoms with Crippen LogP contribution in [-0.2, 0) is 11.2 Å².